The average Bonchev–Trinajstić information content (AvgIpc) is 2.56. The van der Waals surface area contributed by atoms with Gasteiger partial charge in [0.25, 0.3) is 0 Å². The second-order valence-electron chi connectivity index (χ2n) is 5.41. The molecular weight excluding hydrogens is 347 g/mol. The lowest BCUT2D eigenvalue weighted by Gasteiger charge is -2.28. The van der Waals surface area contributed by atoms with Crippen LogP contribution in [0.3, 0.4) is 0 Å². The second kappa shape index (κ2) is 8.18. The highest BCUT2D eigenvalue weighted by atomic mass is 35.5. The minimum atomic E-state index is -0.336. The highest BCUT2D eigenvalue weighted by molar-refractivity contribution is 6.35. The molecular formula is C18H18Cl2N2O2. The van der Waals surface area contributed by atoms with Gasteiger partial charge in [-0.2, -0.15) is 0 Å². The standard InChI is InChI=1S/C18H18Cl2N2O2/c1-12(14-6-4-3-5-7-14)22(13(2)23)11-18(24)21-17-10-15(19)8-9-16(17)20/h3-10,12H,11H2,1-2H3,(H,21,24). The molecule has 6 heteroatoms. The zero-order valence-corrected chi connectivity index (χ0v) is 14.9. The van der Waals surface area contributed by atoms with Crippen molar-refractivity contribution in [1.29, 1.82) is 0 Å². The molecule has 2 rings (SSSR count). The summed E-state index contributed by atoms with van der Waals surface area (Å²) in [4.78, 5) is 25.8. The Morgan fingerprint density at radius 1 is 1.12 bits per heavy atom. The maximum absolute atomic E-state index is 12.3. The number of hydrogen-bond donors (Lipinski definition) is 1. The van der Waals surface area contributed by atoms with E-state index in [-0.39, 0.29) is 24.4 Å². The molecule has 126 valence electrons. The molecule has 2 amide bonds. The molecule has 4 nitrogen and oxygen atoms in total. The van der Waals surface area contributed by atoms with Crippen molar-refractivity contribution in [2.45, 2.75) is 19.9 Å². The van der Waals surface area contributed by atoms with E-state index in [1.54, 1.807) is 18.2 Å². The van der Waals surface area contributed by atoms with Gasteiger partial charge in [-0.1, -0.05) is 53.5 Å². The van der Waals surface area contributed by atoms with Crippen LogP contribution in [0.4, 0.5) is 5.69 Å². The van der Waals surface area contributed by atoms with Gasteiger partial charge in [-0.3, -0.25) is 9.59 Å². The monoisotopic (exact) mass is 364 g/mol. The van der Waals surface area contributed by atoms with Crippen LogP contribution >= 0.6 is 23.2 Å². The summed E-state index contributed by atoms with van der Waals surface area (Å²) in [7, 11) is 0. The zero-order valence-electron chi connectivity index (χ0n) is 13.4. The molecule has 0 aliphatic heterocycles. The van der Waals surface area contributed by atoms with E-state index in [9.17, 15) is 9.59 Å². The lowest BCUT2D eigenvalue weighted by molar-refractivity contribution is -0.134. The van der Waals surface area contributed by atoms with Gasteiger partial charge in [0.05, 0.1) is 16.8 Å². The first kappa shape index (κ1) is 18.3. The second-order valence-corrected chi connectivity index (χ2v) is 6.25. The van der Waals surface area contributed by atoms with Gasteiger partial charge in [-0.15, -0.1) is 0 Å². The summed E-state index contributed by atoms with van der Waals surface area (Å²) in [6.07, 6.45) is 0. The molecule has 0 heterocycles. The van der Waals surface area contributed by atoms with E-state index < -0.39 is 0 Å². The zero-order chi connectivity index (χ0) is 17.7. The summed E-state index contributed by atoms with van der Waals surface area (Å²) in [6.45, 7) is 3.25. The Morgan fingerprint density at radius 2 is 1.79 bits per heavy atom. The Bertz CT molecular complexity index is 735. The van der Waals surface area contributed by atoms with E-state index in [0.29, 0.717) is 15.7 Å². The number of anilines is 1. The topological polar surface area (TPSA) is 49.4 Å². The van der Waals surface area contributed by atoms with Crippen LogP contribution in [0.5, 0.6) is 0 Å². The molecule has 0 aliphatic carbocycles. The number of rotatable bonds is 5. The first-order chi connectivity index (χ1) is 11.4. The van der Waals surface area contributed by atoms with E-state index in [2.05, 4.69) is 5.32 Å². The number of nitrogens with one attached hydrogen (secondary N) is 1. The van der Waals surface area contributed by atoms with Crippen molar-refractivity contribution in [3.63, 3.8) is 0 Å². The summed E-state index contributed by atoms with van der Waals surface area (Å²) >= 11 is 12.0. The Labute approximate surface area is 151 Å². The molecule has 0 fully saturated rings. The van der Waals surface area contributed by atoms with Gasteiger partial charge in [0.15, 0.2) is 0 Å². The van der Waals surface area contributed by atoms with Crippen LogP contribution in [0, 0.1) is 0 Å². The van der Waals surface area contributed by atoms with Crippen LogP contribution in [0.1, 0.15) is 25.5 Å². The van der Waals surface area contributed by atoms with Gasteiger partial charge in [0.2, 0.25) is 11.8 Å². The van der Waals surface area contributed by atoms with Crippen molar-refractivity contribution in [3.8, 4) is 0 Å². The lowest BCUT2D eigenvalue weighted by atomic mass is 10.1. The maximum Gasteiger partial charge on any atom is 0.244 e. The molecule has 1 unspecified atom stereocenters. The molecule has 2 aromatic carbocycles. The summed E-state index contributed by atoms with van der Waals surface area (Å²) in [5.41, 5.74) is 1.38. The Morgan fingerprint density at radius 3 is 2.42 bits per heavy atom. The average molecular weight is 365 g/mol. The summed E-state index contributed by atoms with van der Waals surface area (Å²) in [6, 6.07) is 14.1. The van der Waals surface area contributed by atoms with Crippen LogP contribution in [0.2, 0.25) is 10.0 Å². The fraction of sp³-hybridized carbons (Fsp3) is 0.222. The molecule has 2 aromatic rings. The van der Waals surface area contributed by atoms with Crippen molar-refractivity contribution in [2.24, 2.45) is 0 Å². The van der Waals surface area contributed by atoms with Crippen molar-refractivity contribution in [3.05, 3.63) is 64.1 Å². The molecule has 0 radical (unpaired) electrons. The van der Waals surface area contributed by atoms with E-state index in [1.165, 1.54) is 11.8 Å². The van der Waals surface area contributed by atoms with E-state index in [0.717, 1.165) is 5.56 Å². The lowest BCUT2D eigenvalue weighted by Crippen LogP contribution is -2.38. The minimum Gasteiger partial charge on any atom is -0.327 e. The normalized spacial score (nSPS) is 11.7. The first-order valence-electron chi connectivity index (χ1n) is 7.45. The van der Waals surface area contributed by atoms with Crippen LogP contribution in [-0.4, -0.2) is 23.3 Å². The largest absolute Gasteiger partial charge is 0.327 e. The summed E-state index contributed by atoms with van der Waals surface area (Å²) in [5, 5.41) is 3.55. The predicted octanol–water partition coefficient (Wildman–Crippen LogP) is 4.54. The molecule has 0 bridgehead atoms. The smallest absolute Gasteiger partial charge is 0.244 e. The van der Waals surface area contributed by atoms with Gasteiger partial charge < -0.3 is 10.2 Å². The summed E-state index contributed by atoms with van der Waals surface area (Å²) in [5.74, 6) is -0.518. The number of benzene rings is 2. The van der Waals surface area contributed by atoms with Crippen LogP contribution in [-0.2, 0) is 9.59 Å². The summed E-state index contributed by atoms with van der Waals surface area (Å²) < 4.78 is 0. The van der Waals surface area contributed by atoms with Gasteiger partial charge in [0.1, 0.15) is 6.54 Å². The Hall–Kier alpha value is -2.04. The highest BCUT2D eigenvalue weighted by Gasteiger charge is 2.21. The quantitative estimate of drug-likeness (QED) is 0.846. The fourth-order valence-corrected chi connectivity index (χ4v) is 2.71. The van der Waals surface area contributed by atoms with Crippen molar-refractivity contribution < 1.29 is 9.59 Å². The third kappa shape index (κ3) is 4.73. The van der Waals surface area contributed by atoms with Crippen molar-refractivity contribution >= 4 is 40.7 Å². The molecule has 1 atom stereocenters. The predicted molar refractivity (Wildman–Crippen MR) is 97.3 cm³/mol. The minimum absolute atomic E-state index is 0.0752. The Kier molecular flexibility index (Phi) is 6.23. The molecule has 0 spiro atoms. The van der Waals surface area contributed by atoms with E-state index in [1.807, 2.05) is 37.3 Å². The van der Waals surface area contributed by atoms with Gasteiger partial charge >= 0.3 is 0 Å². The van der Waals surface area contributed by atoms with Crippen molar-refractivity contribution in [2.75, 3.05) is 11.9 Å². The number of nitrogens with zero attached hydrogens (tertiary/aromatic N) is 1. The first-order valence-corrected chi connectivity index (χ1v) is 8.21. The molecule has 24 heavy (non-hydrogen) atoms. The highest BCUT2D eigenvalue weighted by Crippen LogP contribution is 2.26. The third-order valence-electron chi connectivity index (χ3n) is 3.67. The molecule has 0 saturated carbocycles. The van der Waals surface area contributed by atoms with E-state index >= 15 is 0 Å². The van der Waals surface area contributed by atoms with Crippen molar-refractivity contribution in [1.82, 2.24) is 4.90 Å². The molecule has 0 aliphatic rings. The third-order valence-corrected chi connectivity index (χ3v) is 4.24. The number of hydrogen-bond acceptors (Lipinski definition) is 2. The van der Waals surface area contributed by atoms with Crippen LogP contribution in [0.15, 0.2) is 48.5 Å². The fourth-order valence-electron chi connectivity index (χ4n) is 2.37. The van der Waals surface area contributed by atoms with Crippen LogP contribution < -0.4 is 5.32 Å². The molecule has 0 saturated heterocycles. The van der Waals surface area contributed by atoms with E-state index in [4.69, 9.17) is 23.2 Å². The number of carbonyl (C=O) groups excluding carboxylic acids is 2. The SMILES string of the molecule is CC(=O)N(CC(=O)Nc1cc(Cl)ccc1Cl)C(C)c1ccccc1. The number of carbonyl (C=O) groups is 2. The maximum atomic E-state index is 12.3. The number of amides is 2. The molecule has 1 N–H and O–H groups in total. The van der Waals surface area contributed by atoms with Gasteiger partial charge in [-0.05, 0) is 30.7 Å². The van der Waals surface area contributed by atoms with Gasteiger partial charge in [-0.25, -0.2) is 0 Å². The Balaban J connectivity index is 2.11. The molecule has 0 aromatic heterocycles. The van der Waals surface area contributed by atoms with Gasteiger partial charge in [0, 0.05) is 11.9 Å². The van der Waals surface area contributed by atoms with Crippen LogP contribution in [0.25, 0.3) is 0 Å². The number of halogens is 2.